The number of carbonyl (C=O) groups is 1. The molecule has 1 amide bonds. The molecule has 2 rings (SSSR count). The normalized spacial score (nSPS) is 18.0. The summed E-state index contributed by atoms with van der Waals surface area (Å²) in [5.74, 6) is 0.907. The Hall–Kier alpha value is -1.65. The van der Waals surface area contributed by atoms with E-state index in [2.05, 4.69) is 35.6 Å². The fraction of sp³-hybridized carbons (Fsp3) is 0.722. The van der Waals surface area contributed by atoms with Crippen molar-refractivity contribution in [1.29, 1.82) is 0 Å². The third-order valence-corrected chi connectivity index (χ3v) is 4.52. The van der Waals surface area contributed by atoms with Crippen molar-refractivity contribution in [3.8, 4) is 0 Å². The Balaban J connectivity index is 2.10. The van der Waals surface area contributed by atoms with Gasteiger partial charge in [0.05, 0.1) is 12.4 Å². The minimum absolute atomic E-state index is 0.00145. The number of amides is 1. The monoisotopic (exact) mass is 318 g/mol. The van der Waals surface area contributed by atoms with Gasteiger partial charge < -0.3 is 9.80 Å². The Morgan fingerprint density at radius 3 is 2.48 bits per heavy atom. The van der Waals surface area contributed by atoms with Gasteiger partial charge in [-0.15, -0.1) is 0 Å². The average molecular weight is 318 g/mol. The average Bonchev–Trinajstić information content (AvgIpc) is 2.61. The van der Waals surface area contributed by atoms with E-state index in [0.717, 1.165) is 44.7 Å². The molecule has 0 radical (unpaired) electrons. The molecule has 0 N–H and O–H groups in total. The fourth-order valence-electron chi connectivity index (χ4n) is 3.32. The van der Waals surface area contributed by atoms with Crippen LogP contribution in [0.25, 0.3) is 0 Å². The van der Waals surface area contributed by atoms with Crippen molar-refractivity contribution in [2.45, 2.75) is 65.3 Å². The van der Waals surface area contributed by atoms with E-state index < -0.39 is 0 Å². The first-order valence-corrected chi connectivity index (χ1v) is 9.09. The second-order valence-electron chi connectivity index (χ2n) is 6.30. The lowest BCUT2D eigenvalue weighted by molar-refractivity contribution is 0.0749. The van der Waals surface area contributed by atoms with Gasteiger partial charge in [0.2, 0.25) is 0 Å². The predicted octanol–water partition coefficient (Wildman–Crippen LogP) is 3.51. The van der Waals surface area contributed by atoms with Gasteiger partial charge in [0.15, 0.2) is 0 Å². The highest BCUT2D eigenvalue weighted by molar-refractivity contribution is 5.92. The van der Waals surface area contributed by atoms with Crippen LogP contribution in [0, 0.1) is 0 Å². The lowest BCUT2D eigenvalue weighted by Crippen LogP contribution is -2.40. The Morgan fingerprint density at radius 1 is 1.17 bits per heavy atom. The molecule has 1 aromatic heterocycles. The Morgan fingerprint density at radius 2 is 1.91 bits per heavy atom. The highest BCUT2D eigenvalue weighted by Crippen LogP contribution is 2.24. The van der Waals surface area contributed by atoms with Crippen LogP contribution in [-0.2, 0) is 0 Å². The molecule has 1 aliphatic heterocycles. The summed E-state index contributed by atoms with van der Waals surface area (Å²) >= 11 is 0. The van der Waals surface area contributed by atoms with Gasteiger partial charge in [-0.25, -0.2) is 9.97 Å². The molecule has 1 saturated heterocycles. The van der Waals surface area contributed by atoms with Gasteiger partial charge in [0.25, 0.3) is 5.91 Å². The van der Waals surface area contributed by atoms with Crippen LogP contribution in [0.4, 0.5) is 5.82 Å². The Labute approximate surface area is 140 Å². The molecule has 0 aliphatic carbocycles. The summed E-state index contributed by atoms with van der Waals surface area (Å²) < 4.78 is 0. The summed E-state index contributed by atoms with van der Waals surface area (Å²) in [6, 6.07) is 0.552. The predicted molar refractivity (Wildman–Crippen MR) is 93.8 cm³/mol. The number of nitrogens with zero attached hydrogens (tertiary/aromatic N) is 4. The van der Waals surface area contributed by atoms with E-state index in [-0.39, 0.29) is 5.91 Å². The highest BCUT2D eigenvalue weighted by atomic mass is 16.2. The van der Waals surface area contributed by atoms with Crippen molar-refractivity contribution in [2.75, 3.05) is 24.5 Å². The van der Waals surface area contributed by atoms with E-state index in [0.29, 0.717) is 11.7 Å². The number of hydrogen-bond donors (Lipinski definition) is 0. The zero-order valence-electron chi connectivity index (χ0n) is 14.8. The third-order valence-electron chi connectivity index (χ3n) is 4.52. The lowest BCUT2D eigenvalue weighted by Gasteiger charge is -2.36. The number of anilines is 1. The maximum atomic E-state index is 12.5. The van der Waals surface area contributed by atoms with E-state index in [9.17, 15) is 4.79 Å². The molecule has 0 saturated carbocycles. The first kappa shape index (κ1) is 17.7. The van der Waals surface area contributed by atoms with Gasteiger partial charge in [0.1, 0.15) is 11.5 Å². The van der Waals surface area contributed by atoms with Crippen LogP contribution in [0.3, 0.4) is 0 Å². The zero-order valence-corrected chi connectivity index (χ0v) is 14.8. The minimum atomic E-state index is -0.00145. The summed E-state index contributed by atoms with van der Waals surface area (Å²) in [6.45, 7) is 9.00. The summed E-state index contributed by atoms with van der Waals surface area (Å²) in [7, 11) is 0. The summed E-state index contributed by atoms with van der Waals surface area (Å²) in [4.78, 5) is 25.7. The summed E-state index contributed by atoms with van der Waals surface area (Å²) in [5, 5.41) is 0. The van der Waals surface area contributed by atoms with Crippen molar-refractivity contribution in [3.05, 3.63) is 18.1 Å². The van der Waals surface area contributed by atoms with Crippen LogP contribution in [0.15, 0.2) is 12.4 Å². The molecule has 0 spiro atoms. The molecular weight excluding hydrogens is 288 g/mol. The molecule has 1 fully saturated rings. The van der Waals surface area contributed by atoms with Crippen LogP contribution < -0.4 is 4.90 Å². The first-order chi connectivity index (χ1) is 11.2. The van der Waals surface area contributed by atoms with E-state index in [1.54, 1.807) is 12.4 Å². The van der Waals surface area contributed by atoms with Crippen molar-refractivity contribution in [3.63, 3.8) is 0 Å². The topological polar surface area (TPSA) is 49.3 Å². The first-order valence-electron chi connectivity index (χ1n) is 9.09. The summed E-state index contributed by atoms with van der Waals surface area (Å²) in [5.41, 5.74) is 0.459. The largest absolute Gasteiger partial charge is 0.352 e. The van der Waals surface area contributed by atoms with Gasteiger partial charge in [-0.05, 0) is 38.5 Å². The van der Waals surface area contributed by atoms with E-state index in [4.69, 9.17) is 0 Å². The second kappa shape index (κ2) is 8.85. The van der Waals surface area contributed by atoms with Crippen LogP contribution in [0.1, 0.15) is 69.8 Å². The molecule has 23 heavy (non-hydrogen) atoms. The van der Waals surface area contributed by atoms with Crippen LogP contribution in [-0.4, -0.2) is 46.5 Å². The second-order valence-corrected chi connectivity index (χ2v) is 6.30. The minimum Gasteiger partial charge on any atom is -0.352 e. The van der Waals surface area contributed by atoms with Gasteiger partial charge in [-0.3, -0.25) is 4.79 Å². The van der Waals surface area contributed by atoms with Crippen LogP contribution >= 0.6 is 0 Å². The Kier molecular flexibility index (Phi) is 6.81. The number of piperidine rings is 1. The molecule has 1 aromatic rings. The molecule has 5 heteroatoms. The highest BCUT2D eigenvalue weighted by Gasteiger charge is 2.23. The molecule has 2 heterocycles. The molecule has 1 unspecified atom stereocenters. The molecule has 128 valence electrons. The van der Waals surface area contributed by atoms with E-state index >= 15 is 0 Å². The van der Waals surface area contributed by atoms with Gasteiger partial charge in [0, 0.05) is 25.7 Å². The van der Waals surface area contributed by atoms with Crippen molar-refractivity contribution in [1.82, 2.24) is 14.9 Å². The number of hydrogen-bond acceptors (Lipinski definition) is 4. The smallest absolute Gasteiger partial charge is 0.274 e. The standard InChI is InChI=1S/C18H30N4O/c1-4-10-21(11-5-2)18(23)16-13-20-17(14-19-16)22-12-8-7-9-15(22)6-3/h13-15H,4-12H2,1-3H3. The maximum absolute atomic E-state index is 12.5. The van der Waals surface area contributed by atoms with Gasteiger partial charge in [-0.1, -0.05) is 20.8 Å². The number of rotatable bonds is 7. The fourth-order valence-corrected chi connectivity index (χ4v) is 3.32. The molecule has 5 nitrogen and oxygen atoms in total. The SMILES string of the molecule is CCCN(CCC)C(=O)c1cnc(N2CCCCC2CC)cn1. The summed E-state index contributed by atoms with van der Waals surface area (Å²) in [6.07, 6.45) is 10.2. The maximum Gasteiger partial charge on any atom is 0.274 e. The van der Waals surface area contributed by atoms with Crippen LogP contribution in [0.2, 0.25) is 0 Å². The number of carbonyl (C=O) groups excluding carboxylic acids is 1. The molecule has 0 aromatic carbocycles. The van der Waals surface area contributed by atoms with Crippen molar-refractivity contribution >= 4 is 11.7 Å². The third kappa shape index (κ3) is 4.43. The molecule has 1 aliphatic rings. The lowest BCUT2D eigenvalue weighted by atomic mass is 10.0. The number of aromatic nitrogens is 2. The molecule has 1 atom stereocenters. The van der Waals surface area contributed by atoms with E-state index in [1.165, 1.54) is 19.3 Å². The van der Waals surface area contributed by atoms with Gasteiger partial charge >= 0.3 is 0 Å². The van der Waals surface area contributed by atoms with Crippen LogP contribution in [0.5, 0.6) is 0 Å². The zero-order chi connectivity index (χ0) is 16.7. The molecule has 0 bridgehead atoms. The molecular formula is C18H30N4O. The Bertz CT molecular complexity index is 482. The quantitative estimate of drug-likeness (QED) is 0.772. The van der Waals surface area contributed by atoms with E-state index in [1.807, 2.05) is 4.90 Å². The van der Waals surface area contributed by atoms with Crippen molar-refractivity contribution < 1.29 is 4.79 Å². The van der Waals surface area contributed by atoms with Gasteiger partial charge in [-0.2, -0.15) is 0 Å². The van der Waals surface area contributed by atoms with Crippen molar-refractivity contribution in [2.24, 2.45) is 0 Å².